The van der Waals surface area contributed by atoms with Crippen LogP contribution in [0.4, 0.5) is 23.2 Å². The number of hydrogen-bond acceptors (Lipinski definition) is 6. The number of aromatic nitrogens is 3. The van der Waals surface area contributed by atoms with Crippen molar-refractivity contribution >= 4 is 50.7 Å². The van der Waals surface area contributed by atoms with Crippen LogP contribution < -0.4 is 15.8 Å². The second-order valence-electron chi connectivity index (χ2n) is 8.28. The number of nitrogens with two attached hydrogens (primary N) is 1. The summed E-state index contributed by atoms with van der Waals surface area (Å²) in [4.78, 5) is 28.9. The molecular formula is C26H16ClF4N5O3S. The first kappa shape index (κ1) is 27.1. The molecule has 3 aromatic heterocycles. The van der Waals surface area contributed by atoms with Gasteiger partial charge in [0.2, 0.25) is 0 Å². The molecule has 0 atom stereocenters. The van der Waals surface area contributed by atoms with Gasteiger partial charge in [-0.1, -0.05) is 35.9 Å². The number of rotatable bonds is 7. The van der Waals surface area contributed by atoms with Gasteiger partial charge in [0.15, 0.2) is 6.73 Å². The van der Waals surface area contributed by atoms with Crippen LogP contribution in [0, 0.1) is 5.82 Å². The van der Waals surface area contributed by atoms with Crippen molar-refractivity contribution in [2.24, 2.45) is 5.73 Å². The van der Waals surface area contributed by atoms with Crippen LogP contribution >= 0.6 is 22.9 Å². The summed E-state index contributed by atoms with van der Waals surface area (Å²) < 4.78 is 61.5. The third-order valence-corrected chi connectivity index (χ3v) is 7.11. The molecule has 8 nitrogen and oxygen atoms in total. The molecule has 0 aliphatic rings. The SMILES string of the molecule is NC(=O)c1sc2nc(C(F)(F)F)cc(-c3ccc(F)cc3)c2c1NC(=O)c1ccnn1COc1ccccc1Cl. The number of para-hydroxylation sites is 1. The number of pyridine rings is 1. The number of benzene rings is 2. The topological polar surface area (TPSA) is 112 Å². The number of halogens is 5. The number of amides is 2. The highest BCUT2D eigenvalue weighted by molar-refractivity contribution is 7.21. The van der Waals surface area contributed by atoms with Gasteiger partial charge in [0, 0.05) is 11.6 Å². The van der Waals surface area contributed by atoms with Gasteiger partial charge in [0.1, 0.15) is 32.7 Å². The molecule has 0 fully saturated rings. The number of carbonyl (C=O) groups excluding carboxylic acids is 2. The summed E-state index contributed by atoms with van der Waals surface area (Å²) in [6.45, 7) is -0.204. The van der Waals surface area contributed by atoms with E-state index in [1.54, 1.807) is 24.3 Å². The number of carbonyl (C=O) groups is 2. The van der Waals surface area contributed by atoms with Crippen LogP contribution in [-0.2, 0) is 12.9 Å². The number of fused-ring (bicyclic) bond motifs is 1. The summed E-state index contributed by atoms with van der Waals surface area (Å²) in [5.41, 5.74) is 4.32. The first-order chi connectivity index (χ1) is 19.0. The Morgan fingerprint density at radius 3 is 2.50 bits per heavy atom. The van der Waals surface area contributed by atoms with Gasteiger partial charge in [-0.2, -0.15) is 18.3 Å². The van der Waals surface area contributed by atoms with E-state index in [0.717, 1.165) is 18.2 Å². The number of alkyl halides is 3. The molecule has 0 saturated heterocycles. The van der Waals surface area contributed by atoms with Gasteiger partial charge in [-0.05, 0) is 47.5 Å². The predicted octanol–water partition coefficient (Wildman–Crippen LogP) is 6.36. The van der Waals surface area contributed by atoms with Crippen LogP contribution in [-0.4, -0.2) is 26.6 Å². The lowest BCUT2D eigenvalue weighted by molar-refractivity contribution is -0.140. The molecule has 0 saturated carbocycles. The van der Waals surface area contributed by atoms with E-state index in [1.165, 1.54) is 29.1 Å². The number of hydrogen-bond donors (Lipinski definition) is 2. The van der Waals surface area contributed by atoms with Crippen LogP contribution in [0.5, 0.6) is 5.75 Å². The molecule has 0 aliphatic carbocycles. The highest BCUT2D eigenvalue weighted by Gasteiger charge is 2.35. The molecule has 2 aromatic carbocycles. The van der Waals surface area contributed by atoms with Gasteiger partial charge in [0.25, 0.3) is 11.8 Å². The molecule has 0 aliphatic heterocycles. The van der Waals surface area contributed by atoms with Crippen LogP contribution in [0.2, 0.25) is 5.02 Å². The summed E-state index contributed by atoms with van der Waals surface area (Å²) in [5, 5.41) is 7.02. The van der Waals surface area contributed by atoms with Crippen LogP contribution in [0.3, 0.4) is 0 Å². The Hall–Kier alpha value is -4.49. The molecule has 0 radical (unpaired) electrons. The van der Waals surface area contributed by atoms with Gasteiger partial charge < -0.3 is 15.8 Å². The maximum atomic E-state index is 13.7. The van der Waals surface area contributed by atoms with Crippen LogP contribution in [0.15, 0.2) is 66.9 Å². The van der Waals surface area contributed by atoms with Gasteiger partial charge in [0.05, 0.1) is 10.7 Å². The van der Waals surface area contributed by atoms with Crippen molar-refractivity contribution < 1.29 is 31.9 Å². The minimum absolute atomic E-state index is 0.00465. The Morgan fingerprint density at radius 2 is 1.82 bits per heavy atom. The van der Waals surface area contributed by atoms with Gasteiger partial charge in [-0.15, -0.1) is 11.3 Å². The molecule has 0 unspecified atom stereocenters. The van der Waals surface area contributed by atoms with Crippen molar-refractivity contribution in [1.82, 2.24) is 14.8 Å². The maximum Gasteiger partial charge on any atom is 0.433 e. The van der Waals surface area contributed by atoms with E-state index in [0.29, 0.717) is 22.1 Å². The fourth-order valence-corrected chi connectivity index (χ4v) is 5.09. The molecule has 40 heavy (non-hydrogen) atoms. The molecule has 204 valence electrons. The normalized spacial score (nSPS) is 11.5. The fourth-order valence-electron chi connectivity index (χ4n) is 3.89. The monoisotopic (exact) mass is 589 g/mol. The highest BCUT2D eigenvalue weighted by atomic mass is 35.5. The van der Waals surface area contributed by atoms with E-state index >= 15 is 0 Å². The molecule has 5 aromatic rings. The largest absolute Gasteiger partial charge is 0.470 e. The fraction of sp³-hybridized carbons (Fsp3) is 0.0769. The molecule has 2 amide bonds. The molecule has 14 heteroatoms. The average molecular weight is 590 g/mol. The van der Waals surface area contributed by atoms with E-state index in [9.17, 15) is 27.2 Å². The van der Waals surface area contributed by atoms with E-state index in [1.807, 2.05) is 0 Å². The standard InChI is InChI=1S/C26H16ClF4N5O3S/c27-16-3-1-2-4-18(16)39-12-36-17(9-10-33-36)24(38)35-21-20-15(13-5-7-14(28)8-6-13)11-19(26(29,30)31)34-25(20)40-22(21)23(32)37/h1-11H,12H2,(H2,32,37)(H,35,38). The Bertz CT molecular complexity index is 1750. The van der Waals surface area contributed by atoms with Crippen LogP contribution in [0.25, 0.3) is 21.3 Å². The van der Waals surface area contributed by atoms with Crippen molar-refractivity contribution in [3.05, 3.63) is 94.0 Å². The Morgan fingerprint density at radius 1 is 1.10 bits per heavy atom. The summed E-state index contributed by atoms with van der Waals surface area (Å²) >= 11 is 6.69. The molecule has 3 N–H and O–H groups in total. The number of primary amides is 1. The number of nitrogens with zero attached hydrogens (tertiary/aromatic N) is 3. The van der Waals surface area contributed by atoms with Crippen molar-refractivity contribution in [2.45, 2.75) is 12.9 Å². The summed E-state index contributed by atoms with van der Waals surface area (Å²) in [6, 6.07) is 13.5. The lowest BCUT2D eigenvalue weighted by atomic mass is 10.0. The third kappa shape index (κ3) is 5.33. The zero-order valence-electron chi connectivity index (χ0n) is 20.0. The van der Waals surface area contributed by atoms with Crippen molar-refractivity contribution in [2.75, 3.05) is 5.32 Å². The summed E-state index contributed by atoms with van der Waals surface area (Å²) in [7, 11) is 0. The van der Waals surface area contributed by atoms with Crippen LogP contribution in [0.1, 0.15) is 25.9 Å². The number of anilines is 1. The Kier molecular flexibility index (Phi) is 7.17. The number of ether oxygens (including phenoxy) is 1. The summed E-state index contributed by atoms with van der Waals surface area (Å²) in [5.74, 6) is -2.00. The molecule has 3 heterocycles. The lowest BCUT2D eigenvalue weighted by Gasteiger charge is -2.13. The third-order valence-electron chi connectivity index (χ3n) is 5.70. The average Bonchev–Trinajstić information content (AvgIpc) is 3.53. The summed E-state index contributed by atoms with van der Waals surface area (Å²) in [6.07, 6.45) is -3.48. The first-order valence-electron chi connectivity index (χ1n) is 11.3. The van der Waals surface area contributed by atoms with Crippen molar-refractivity contribution in [3.63, 3.8) is 0 Å². The number of thiophene rings is 1. The smallest absolute Gasteiger partial charge is 0.433 e. The Balaban J connectivity index is 1.58. The molecular weight excluding hydrogens is 574 g/mol. The lowest BCUT2D eigenvalue weighted by Crippen LogP contribution is -2.21. The zero-order chi connectivity index (χ0) is 28.6. The predicted molar refractivity (Wildman–Crippen MR) is 141 cm³/mol. The number of nitrogens with one attached hydrogen (secondary N) is 1. The minimum Gasteiger partial charge on any atom is -0.470 e. The van der Waals surface area contributed by atoms with Gasteiger partial charge in [-0.25, -0.2) is 14.1 Å². The first-order valence-corrected chi connectivity index (χ1v) is 12.5. The molecule has 0 bridgehead atoms. The van der Waals surface area contributed by atoms with Gasteiger partial charge >= 0.3 is 6.18 Å². The minimum atomic E-state index is -4.82. The van der Waals surface area contributed by atoms with Crippen molar-refractivity contribution in [1.29, 1.82) is 0 Å². The van der Waals surface area contributed by atoms with E-state index < -0.39 is 29.5 Å². The maximum absolute atomic E-state index is 13.7. The molecule has 5 rings (SSSR count). The quantitative estimate of drug-likeness (QED) is 0.215. The van der Waals surface area contributed by atoms with E-state index in [2.05, 4.69) is 15.4 Å². The van der Waals surface area contributed by atoms with Crippen molar-refractivity contribution in [3.8, 4) is 16.9 Å². The van der Waals surface area contributed by atoms with E-state index in [-0.39, 0.29) is 44.3 Å². The second-order valence-corrected chi connectivity index (χ2v) is 9.69. The Labute approximate surface area is 232 Å². The highest BCUT2D eigenvalue weighted by Crippen LogP contribution is 2.43. The zero-order valence-corrected chi connectivity index (χ0v) is 21.6. The second kappa shape index (κ2) is 10.6. The van der Waals surface area contributed by atoms with Gasteiger partial charge in [-0.3, -0.25) is 9.59 Å². The van der Waals surface area contributed by atoms with E-state index in [4.69, 9.17) is 22.1 Å². The molecule has 0 spiro atoms.